The Balaban J connectivity index is 0.000000860. The van der Waals surface area contributed by atoms with E-state index in [-0.39, 0.29) is 25.7 Å². The van der Waals surface area contributed by atoms with Crippen LogP contribution >= 0.6 is 0 Å². The van der Waals surface area contributed by atoms with E-state index in [1.165, 1.54) is 6.21 Å². The zero-order valence-electron chi connectivity index (χ0n) is 23.4. The number of carbonyl (C=O) groups is 5. The second kappa shape index (κ2) is 16.9. The first-order valence-corrected chi connectivity index (χ1v) is 13.0. The van der Waals surface area contributed by atoms with Gasteiger partial charge in [-0.05, 0) is 36.6 Å². The minimum absolute atomic E-state index is 0.0137. The van der Waals surface area contributed by atoms with E-state index >= 15 is 0 Å². The number of nitrogens with two attached hydrogens (primary N) is 1. The molecular weight excluding hydrogens is 593 g/mol. The first-order chi connectivity index (χ1) is 20.8. The summed E-state index contributed by atoms with van der Waals surface area (Å²) in [5, 5.41) is 18.1. The van der Waals surface area contributed by atoms with Crippen molar-refractivity contribution < 1.29 is 51.7 Å². The number of halogens is 3. The Bertz CT molecular complexity index is 1310. The third-order valence-corrected chi connectivity index (χ3v) is 5.72. The van der Waals surface area contributed by atoms with Crippen LogP contribution in [-0.2, 0) is 30.5 Å². The molecule has 238 valence electrons. The van der Waals surface area contributed by atoms with E-state index in [0.29, 0.717) is 18.7 Å². The van der Waals surface area contributed by atoms with E-state index in [2.05, 4.69) is 21.1 Å². The molecule has 1 heterocycles. The quantitative estimate of drug-likeness (QED) is 0.113. The number of hydrogen-bond donors (Lipinski definition) is 5. The second-order valence-corrected chi connectivity index (χ2v) is 8.87. The minimum Gasteiger partial charge on any atom is -0.475 e. The summed E-state index contributed by atoms with van der Waals surface area (Å²) in [6.45, 7) is 1.89. The molecule has 2 aromatic rings. The van der Waals surface area contributed by atoms with Crippen molar-refractivity contribution in [2.45, 2.75) is 38.2 Å². The van der Waals surface area contributed by atoms with E-state index in [1.54, 1.807) is 48.2 Å². The number of rotatable bonds is 10. The molecule has 1 unspecified atom stereocenters. The van der Waals surface area contributed by atoms with E-state index in [0.717, 1.165) is 11.1 Å². The molecule has 0 radical (unpaired) electrons. The summed E-state index contributed by atoms with van der Waals surface area (Å²) < 4.78 is 41.9. The molecule has 2 atom stereocenters. The van der Waals surface area contributed by atoms with Crippen LogP contribution in [0.25, 0.3) is 0 Å². The Morgan fingerprint density at radius 1 is 1.11 bits per heavy atom. The molecule has 1 saturated heterocycles. The number of alkyl halides is 3. The summed E-state index contributed by atoms with van der Waals surface area (Å²) in [4.78, 5) is 60.2. The molecule has 6 N–H and O–H groups in total. The van der Waals surface area contributed by atoms with Crippen LogP contribution in [0, 0.1) is 0 Å². The maximum atomic E-state index is 12.8. The highest BCUT2D eigenvalue weighted by Gasteiger charge is 2.38. The Morgan fingerprint density at radius 3 is 2.32 bits per heavy atom. The molecule has 0 aliphatic carbocycles. The van der Waals surface area contributed by atoms with Crippen molar-refractivity contribution in [2.75, 3.05) is 24.6 Å². The van der Waals surface area contributed by atoms with Crippen LogP contribution in [-0.4, -0.2) is 79.2 Å². The number of carbonyl (C=O) groups excluding carboxylic acids is 4. The predicted molar refractivity (Wildman–Crippen MR) is 149 cm³/mol. The number of anilines is 1. The number of hydrogen-bond acceptors (Lipinski definition) is 9. The van der Waals surface area contributed by atoms with Crippen molar-refractivity contribution in [3.8, 4) is 0 Å². The monoisotopic (exact) mass is 624 g/mol. The SMILES string of the molecule is CCOC(=O)[C@H](CNC(=O)NC1CCN(c2ccc(C=NN)cc2)C1=O)NC(=O)OCc1ccccc1.O=C(O)C(F)(F)F. The maximum Gasteiger partial charge on any atom is 0.490 e. The molecule has 3 rings (SSSR count). The molecule has 1 aliphatic heterocycles. The summed E-state index contributed by atoms with van der Waals surface area (Å²) in [5.74, 6) is 1.40. The molecular formula is C27H31F3N6O8. The van der Waals surface area contributed by atoms with Crippen LogP contribution in [0.1, 0.15) is 24.5 Å². The first kappa shape index (κ1) is 34.8. The summed E-state index contributed by atoms with van der Waals surface area (Å²) >= 11 is 0. The fraction of sp³-hybridized carbons (Fsp3) is 0.333. The highest BCUT2D eigenvalue weighted by atomic mass is 19.4. The number of nitrogens with one attached hydrogen (secondary N) is 3. The number of esters is 1. The summed E-state index contributed by atoms with van der Waals surface area (Å²) in [6.07, 6.45) is -4.02. The Labute approximate surface area is 249 Å². The van der Waals surface area contributed by atoms with Crippen LogP contribution in [0.2, 0.25) is 0 Å². The van der Waals surface area contributed by atoms with Crippen molar-refractivity contribution in [1.29, 1.82) is 0 Å². The van der Waals surface area contributed by atoms with Crippen LogP contribution in [0.5, 0.6) is 0 Å². The summed E-state index contributed by atoms with van der Waals surface area (Å²) in [5.41, 5.74) is 2.25. The highest BCUT2D eigenvalue weighted by molar-refractivity contribution is 6.01. The van der Waals surface area contributed by atoms with Crippen molar-refractivity contribution in [3.05, 3.63) is 65.7 Å². The molecule has 1 fully saturated rings. The first-order valence-electron chi connectivity index (χ1n) is 13.0. The number of ether oxygens (including phenoxy) is 2. The standard InChI is InChI=1S/C25H30N6O6.C2HF3O2/c1-2-36-23(33)21(30-25(35)37-16-18-6-4-3-5-7-18)15-27-24(34)29-20-12-13-31(22(20)32)19-10-8-17(9-11-19)14-28-26;3-2(4,5)1(6)7/h3-11,14,20-21H,2,12-13,15-16,26H2,1H3,(H,30,35)(H2,27,29,34);(H,6,7)/t20?,21-;/m0./s1. The topological polar surface area (TPSA) is 202 Å². The Morgan fingerprint density at radius 2 is 1.75 bits per heavy atom. The number of benzene rings is 2. The fourth-order valence-electron chi connectivity index (χ4n) is 3.64. The van der Waals surface area contributed by atoms with Gasteiger partial charge in [-0.1, -0.05) is 42.5 Å². The number of aliphatic carboxylic acids is 1. The number of carboxylic acids is 1. The third kappa shape index (κ3) is 11.5. The van der Waals surface area contributed by atoms with Gasteiger partial charge in [0, 0.05) is 12.2 Å². The molecule has 0 spiro atoms. The van der Waals surface area contributed by atoms with Gasteiger partial charge in [-0.25, -0.2) is 19.2 Å². The maximum absolute atomic E-state index is 12.8. The molecule has 0 aromatic heterocycles. The summed E-state index contributed by atoms with van der Waals surface area (Å²) in [6, 6.07) is 13.5. The third-order valence-electron chi connectivity index (χ3n) is 5.72. The van der Waals surface area contributed by atoms with Gasteiger partial charge in [0.2, 0.25) is 5.91 Å². The average Bonchev–Trinajstić information content (AvgIpc) is 3.34. The predicted octanol–water partition coefficient (Wildman–Crippen LogP) is 1.88. The lowest BCUT2D eigenvalue weighted by atomic mass is 10.2. The molecule has 4 amide bonds. The normalized spacial score (nSPS) is 15.0. The van der Waals surface area contributed by atoms with E-state index in [1.807, 2.05) is 18.2 Å². The van der Waals surface area contributed by atoms with E-state index in [9.17, 15) is 32.3 Å². The van der Waals surface area contributed by atoms with Gasteiger partial charge in [0.1, 0.15) is 18.7 Å². The van der Waals surface area contributed by atoms with Gasteiger partial charge in [-0.3, -0.25) is 4.79 Å². The van der Waals surface area contributed by atoms with Crippen molar-refractivity contribution in [3.63, 3.8) is 0 Å². The largest absolute Gasteiger partial charge is 0.490 e. The van der Waals surface area contributed by atoms with Gasteiger partial charge in [-0.15, -0.1) is 0 Å². The zero-order chi connectivity index (χ0) is 32.7. The highest BCUT2D eigenvalue weighted by Crippen LogP contribution is 2.22. The lowest BCUT2D eigenvalue weighted by Crippen LogP contribution is -2.53. The van der Waals surface area contributed by atoms with Crippen molar-refractivity contribution >= 4 is 41.9 Å². The molecule has 17 heteroatoms. The van der Waals surface area contributed by atoms with Crippen LogP contribution in [0.15, 0.2) is 59.7 Å². The molecule has 44 heavy (non-hydrogen) atoms. The van der Waals surface area contributed by atoms with Gasteiger partial charge in [0.05, 0.1) is 19.4 Å². The lowest BCUT2D eigenvalue weighted by Gasteiger charge is -2.19. The molecule has 2 aromatic carbocycles. The van der Waals surface area contributed by atoms with Crippen molar-refractivity contribution in [1.82, 2.24) is 16.0 Å². The number of carboxylic acid groups (broad SMARTS) is 1. The zero-order valence-corrected chi connectivity index (χ0v) is 23.4. The molecule has 0 bridgehead atoms. The lowest BCUT2D eigenvalue weighted by molar-refractivity contribution is -0.192. The fourth-order valence-corrected chi connectivity index (χ4v) is 3.64. The molecule has 0 saturated carbocycles. The number of amides is 4. The van der Waals surface area contributed by atoms with Gasteiger partial charge < -0.3 is 41.3 Å². The Hall–Kier alpha value is -5.35. The van der Waals surface area contributed by atoms with Crippen LogP contribution < -0.4 is 26.7 Å². The van der Waals surface area contributed by atoms with Gasteiger partial charge in [0.25, 0.3) is 0 Å². The van der Waals surface area contributed by atoms with Crippen LogP contribution in [0.4, 0.5) is 28.4 Å². The Kier molecular flexibility index (Phi) is 13.4. The van der Waals surface area contributed by atoms with Gasteiger partial charge >= 0.3 is 30.2 Å². The summed E-state index contributed by atoms with van der Waals surface area (Å²) in [7, 11) is 0. The number of urea groups is 1. The number of hydrazone groups is 1. The van der Waals surface area contributed by atoms with Crippen LogP contribution in [0.3, 0.4) is 0 Å². The number of nitrogens with zero attached hydrogens (tertiary/aromatic N) is 2. The average molecular weight is 625 g/mol. The van der Waals surface area contributed by atoms with E-state index in [4.69, 9.17) is 25.2 Å². The van der Waals surface area contributed by atoms with Gasteiger partial charge in [-0.2, -0.15) is 18.3 Å². The van der Waals surface area contributed by atoms with E-state index < -0.39 is 42.3 Å². The smallest absolute Gasteiger partial charge is 0.475 e. The molecule has 14 nitrogen and oxygen atoms in total. The minimum atomic E-state index is -5.08. The second-order valence-electron chi connectivity index (χ2n) is 8.87. The van der Waals surface area contributed by atoms with Crippen molar-refractivity contribution in [2.24, 2.45) is 10.9 Å². The van der Waals surface area contributed by atoms with Gasteiger partial charge in [0.15, 0.2) is 0 Å². The number of alkyl carbamates (subject to hydrolysis) is 1. The molecule has 1 aliphatic rings.